The van der Waals surface area contributed by atoms with Crippen LogP contribution in [0.25, 0.3) is 0 Å². The van der Waals surface area contributed by atoms with Gasteiger partial charge < -0.3 is 10.2 Å². The molecule has 0 unspecified atom stereocenters. The highest BCUT2D eigenvalue weighted by Gasteiger charge is 2.15. The average molecular weight is 461 g/mol. The van der Waals surface area contributed by atoms with Crippen molar-refractivity contribution in [1.82, 2.24) is 4.90 Å². The van der Waals surface area contributed by atoms with Gasteiger partial charge in [0.15, 0.2) is 0 Å². The number of nitrogens with zero attached hydrogens (tertiary/aromatic N) is 1. The van der Waals surface area contributed by atoms with E-state index in [0.29, 0.717) is 21.2 Å². The molecule has 120 valence electrons. The molecule has 0 atom stereocenters. The van der Waals surface area contributed by atoms with Crippen molar-refractivity contribution in [3.8, 4) is 0 Å². The number of hydrogen-bond acceptors (Lipinski definition) is 3. The predicted octanol–water partition coefficient (Wildman–Crippen LogP) is 4.97. The molecule has 2 rings (SSSR count). The third kappa shape index (κ3) is 4.86. The van der Waals surface area contributed by atoms with E-state index in [0.717, 1.165) is 15.3 Å². The first-order valence-corrected chi connectivity index (χ1v) is 8.90. The van der Waals surface area contributed by atoms with Gasteiger partial charge in [-0.25, -0.2) is 0 Å². The van der Waals surface area contributed by atoms with Gasteiger partial charge in [-0.2, -0.15) is 0 Å². The minimum absolute atomic E-state index is 0.104. The van der Waals surface area contributed by atoms with Crippen LogP contribution < -0.4 is 5.32 Å². The van der Waals surface area contributed by atoms with Gasteiger partial charge in [0, 0.05) is 27.6 Å². The summed E-state index contributed by atoms with van der Waals surface area (Å²) in [4.78, 5) is 26.5. The van der Waals surface area contributed by atoms with E-state index in [-0.39, 0.29) is 11.1 Å². The van der Waals surface area contributed by atoms with Gasteiger partial charge in [-0.1, -0.05) is 23.7 Å². The summed E-state index contributed by atoms with van der Waals surface area (Å²) in [6.45, 7) is 0. The van der Waals surface area contributed by atoms with Gasteiger partial charge >= 0.3 is 0 Å². The molecule has 4 nitrogen and oxygen atoms in total. The lowest BCUT2D eigenvalue weighted by Crippen LogP contribution is -2.17. The molecular weight excluding hydrogens is 447 g/mol. The zero-order valence-corrected chi connectivity index (χ0v) is 16.2. The number of hydrogen-bond donors (Lipinski definition) is 1. The molecule has 0 aliphatic rings. The molecule has 0 heterocycles. The van der Waals surface area contributed by atoms with Crippen molar-refractivity contribution in [1.29, 1.82) is 0 Å². The summed E-state index contributed by atoms with van der Waals surface area (Å²) in [6.07, 6.45) is 0. The molecule has 0 fully saturated rings. The van der Waals surface area contributed by atoms with E-state index in [1.807, 2.05) is 12.1 Å². The van der Waals surface area contributed by atoms with Crippen molar-refractivity contribution in [2.24, 2.45) is 0 Å². The first-order valence-electron chi connectivity index (χ1n) is 6.63. The smallest absolute Gasteiger partial charge is 0.286 e. The van der Waals surface area contributed by atoms with Crippen molar-refractivity contribution in [2.45, 2.75) is 4.90 Å². The Morgan fingerprint density at radius 3 is 2.52 bits per heavy atom. The number of rotatable bonds is 3. The largest absolute Gasteiger partial charge is 0.339 e. The molecule has 2 amide bonds. The number of amides is 2. The summed E-state index contributed by atoms with van der Waals surface area (Å²) in [5.41, 5.74) is 1.14. The van der Waals surface area contributed by atoms with E-state index >= 15 is 0 Å². The monoisotopic (exact) mass is 460 g/mol. The van der Waals surface area contributed by atoms with Crippen LogP contribution in [-0.2, 0) is 0 Å². The Hall–Kier alpha value is -1.25. The minimum atomic E-state index is -0.239. The van der Waals surface area contributed by atoms with Crippen LogP contribution in [0, 0.1) is 3.57 Å². The summed E-state index contributed by atoms with van der Waals surface area (Å²) in [7, 11) is 3.37. The van der Waals surface area contributed by atoms with E-state index in [1.54, 1.807) is 44.4 Å². The Labute approximate surface area is 157 Å². The van der Waals surface area contributed by atoms with E-state index in [9.17, 15) is 9.59 Å². The number of carbonyl (C=O) groups excluding carboxylic acids is 2. The van der Waals surface area contributed by atoms with Crippen LogP contribution in [0.15, 0.2) is 47.4 Å². The molecular formula is C16H14ClIN2O2S. The molecule has 0 aliphatic carbocycles. The van der Waals surface area contributed by atoms with E-state index in [4.69, 9.17) is 11.6 Å². The fraction of sp³-hybridized carbons (Fsp3) is 0.125. The second-order valence-corrected chi connectivity index (χ2v) is 7.43. The van der Waals surface area contributed by atoms with Crippen LogP contribution in [0.1, 0.15) is 10.4 Å². The summed E-state index contributed by atoms with van der Waals surface area (Å²) < 4.78 is 0.766. The lowest BCUT2D eigenvalue weighted by Gasteiger charge is -2.13. The number of carbonyl (C=O) groups is 2. The number of para-hydroxylation sites is 1. The molecule has 0 bridgehead atoms. The fourth-order valence-corrected chi connectivity index (χ4v) is 3.57. The molecule has 0 aromatic heterocycles. The highest BCUT2D eigenvalue weighted by Crippen LogP contribution is 2.29. The van der Waals surface area contributed by atoms with Gasteiger partial charge in [-0.3, -0.25) is 9.59 Å². The van der Waals surface area contributed by atoms with E-state index < -0.39 is 0 Å². The molecule has 7 heteroatoms. The zero-order valence-electron chi connectivity index (χ0n) is 12.5. The Morgan fingerprint density at radius 1 is 1.17 bits per heavy atom. The quantitative estimate of drug-likeness (QED) is 0.520. The second-order valence-electron chi connectivity index (χ2n) is 4.84. The Balaban J connectivity index is 2.23. The summed E-state index contributed by atoms with van der Waals surface area (Å²) in [5.74, 6) is -0.239. The van der Waals surface area contributed by atoms with E-state index in [2.05, 4.69) is 27.9 Å². The molecule has 0 aliphatic heterocycles. The summed E-state index contributed by atoms with van der Waals surface area (Å²) >= 11 is 9.05. The van der Waals surface area contributed by atoms with Crippen molar-refractivity contribution >= 4 is 62.8 Å². The van der Waals surface area contributed by atoms with Crippen LogP contribution in [0.5, 0.6) is 0 Å². The maximum absolute atomic E-state index is 12.5. The van der Waals surface area contributed by atoms with Crippen molar-refractivity contribution in [3.05, 3.63) is 56.6 Å². The highest BCUT2D eigenvalue weighted by molar-refractivity contribution is 14.1. The second kappa shape index (κ2) is 8.03. The Kier molecular flexibility index (Phi) is 6.32. The topological polar surface area (TPSA) is 49.4 Å². The van der Waals surface area contributed by atoms with Crippen LogP contribution in [0.4, 0.5) is 10.5 Å². The Bertz CT molecular complexity index is 753. The number of halogens is 2. The molecule has 2 aromatic carbocycles. The average Bonchev–Trinajstić information content (AvgIpc) is 2.48. The van der Waals surface area contributed by atoms with Gasteiger partial charge in [0.2, 0.25) is 0 Å². The van der Waals surface area contributed by atoms with Crippen molar-refractivity contribution in [2.75, 3.05) is 19.4 Å². The fourth-order valence-electron chi connectivity index (χ4n) is 1.71. The first-order chi connectivity index (χ1) is 10.9. The minimum Gasteiger partial charge on any atom is -0.339 e. The third-order valence-electron chi connectivity index (χ3n) is 2.87. The number of thioether (sulfide) groups is 1. The maximum Gasteiger partial charge on any atom is 0.286 e. The van der Waals surface area contributed by atoms with Crippen LogP contribution in [0.3, 0.4) is 0 Å². The van der Waals surface area contributed by atoms with Crippen LogP contribution in [0.2, 0.25) is 5.02 Å². The van der Waals surface area contributed by atoms with Crippen molar-refractivity contribution < 1.29 is 9.59 Å². The maximum atomic E-state index is 12.5. The van der Waals surface area contributed by atoms with Gasteiger partial charge in [-0.05, 0) is 64.7 Å². The first kappa shape index (κ1) is 18.1. The molecule has 23 heavy (non-hydrogen) atoms. The van der Waals surface area contributed by atoms with Gasteiger partial charge in [-0.15, -0.1) is 0 Å². The highest BCUT2D eigenvalue weighted by atomic mass is 127. The number of anilines is 1. The summed E-state index contributed by atoms with van der Waals surface area (Å²) in [5, 5.41) is 3.33. The predicted molar refractivity (Wildman–Crippen MR) is 104 cm³/mol. The molecule has 0 spiro atoms. The normalized spacial score (nSPS) is 10.3. The third-order valence-corrected chi connectivity index (χ3v) is 5.12. The molecule has 1 N–H and O–H groups in total. The lowest BCUT2D eigenvalue weighted by molar-refractivity contribution is 0.102. The molecule has 2 aromatic rings. The summed E-state index contributed by atoms with van der Waals surface area (Å²) in [6, 6.07) is 12.3. The van der Waals surface area contributed by atoms with Crippen LogP contribution >= 0.6 is 46.0 Å². The SMILES string of the molecule is CN(C)C(=O)Sc1ccccc1NC(=O)c1ccc(Cl)cc1I. The zero-order chi connectivity index (χ0) is 17.0. The standard InChI is InChI=1S/C16H14ClIN2O2S/c1-20(2)16(22)23-14-6-4-3-5-13(14)19-15(21)11-8-7-10(17)9-12(11)18/h3-9H,1-2H3,(H,19,21). The molecule has 0 radical (unpaired) electrons. The van der Waals surface area contributed by atoms with E-state index in [1.165, 1.54) is 4.90 Å². The van der Waals surface area contributed by atoms with Gasteiger partial charge in [0.05, 0.1) is 11.3 Å². The molecule has 0 saturated carbocycles. The van der Waals surface area contributed by atoms with Gasteiger partial charge in [0.1, 0.15) is 0 Å². The molecule has 0 saturated heterocycles. The van der Waals surface area contributed by atoms with Gasteiger partial charge in [0.25, 0.3) is 11.1 Å². The number of benzene rings is 2. The van der Waals surface area contributed by atoms with Crippen LogP contribution in [-0.4, -0.2) is 30.1 Å². The van der Waals surface area contributed by atoms with Crippen molar-refractivity contribution in [3.63, 3.8) is 0 Å². The Morgan fingerprint density at radius 2 is 1.87 bits per heavy atom. The number of nitrogens with one attached hydrogen (secondary N) is 1. The lowest BCUT2D eigenvalue weighted by atomic mass is 10.2.